The average Bonchev–Trinajstić information content (AvgIpc) is 3.81. The Morgan fingerprint density at radius 3 is 1.69 bits per heavy atom. The predicted molar refractivity (Wildman–Crippen MR) is 261 cm³/mol. The number of ether oxygens (including phenoxy) is 2. The van der Waals surface area contributed by atoms with Crippen LogP contribution in [0.1, 0.15) is 57.7 Å². The molecule has 0 saturated heterocycles. The molecule has 2 N–H and O–H groups in total. The smallest absolute Gasteiger partial charge is 0.127 e. The van der Waals surface area contributed by atoms with Gasteiger partial charge in [0.25, 0.3) is 0 Å². The van der Waals surface area contributed by atoms with E-state index in [0.29, 0.717) is 19.1 Å². The van der Waals surface area contributed by atoms with Gasteiger partial charge in [0.15, 0.2) is 0 Å². The second kappa shape index (κ2) is 19.2. The van der Waals surface area contributed by atoms with Crippen molar-refractivity contribution in [2.24, 2.45) is 5.92 Å². The molecule has 1 aliphatic rings. The van der Waals surface area contributed by atoms with Crippen LogP contribution in [0.5, 0.6) is 17.2 Å². The summed E-state index contributed by atoms with van der Waals surface area (Å²) < 4.78 is 15.2. The highest BCUT2D eigenvalue weighted by atomic mass is 16.5. The summed E-state index contributed by atoms with van der Waals surface area (Å²) in [6, 6.07) is 56.4. The van der Waals surface area contributed by atoms with Gasteiger partial charge in [0.2, 0.25) is 0 Å². The highest BCUT2D eigenvalue weighted by Gasteiger charge is 2.25. The number of phenols is 1. The molecule has 62 heavy (non-hydrogen) atoms. The Hall–Kier alpha value is -6.98. The van der Waals surface area contributed by atoms with Crippen LogP contribution in [0.25, 0.3) is 60.3 Å². The fourth-order valence-corrected chi connectivity index (χ4v) is 8.86. The first-order valence-electron chi connectivity index (χ1n) is 22.0. The number of allylic oxidation sites excluding steroid dienone is 4. The van der Waals surface area contributed by atoms with Crippen LogP contribution in [0.3, 0.4) is 0 Å². The second-order valence-corrected chi connectivity index (χ2v) is 15.9. The van der Waals surface area contributed by atoms with Crippen LogP contribution in [0, 0.1) is 12.8 Å². The summed E-state index contributed by atoms with van der Waals surface area (Å²) in [7, 11) is 0. The molecule has 7 aromatic carbocycles. The number of rotatable bonds is 9. The van der Waals surface area contributed by atoms with Crippen molar-refractivity contribution in [1.29, 1.82) is 0 Å². The van der Waals surface area contributed by atoms with E-state index in [1.807, 2.05) is 63.2 Å². The van der Waals surface area contributed by atoms with Crippen LogP contribution < -0.4 is 9.47 Å². The monoisotopic (exact) mass is 816 g/mol. The van der Waals surface area contributed by atoms with Crippen LogP contribution in [-0.4, -0.2) is 27.9 Å². The van der Waals surface area contributed by atoms with Gasteiger partial charge in [0.1, 0.15) is 17.2 Å². The van der Waals surface area contributed by atoms with E-state index in [2.05, 4.69) is 151 Å². The summed E-state index contributed by atoms with van der Waals surface area (Å²) in [5.74, 6) is 2.22. The van der Waals surface area contributed by atoms with E-state index in [1.54, 1.807) is 6.07 Å². The minimum Gasteiger partial charge on any atom is -0.507 e. The fourth-order valence-electron chi connectivity index (χ4n) is 8.86. The number of aromatic hydroxyl groups is 1. The molecule has 2 aromatic heterocycles. The molecular formula is C57H56N2O3. The highest BCUT2D eigenvalue weighted by molar-refractivity contribution is 6.08. The number of H-pyrrole nitrogens is 1. The van der Waals surface area contributed by atoms with Crippen LogP contribution in [0.4, 0.5) is 0 Å². The topological polar surface area (TPSA) is 59.4 Å². The number of aromatic amines is 1. The lowest BCUT2D eigenvalue weighted by atomic mass is 9.89. The second-order valence-electron chi connectivity index (χ2n) is 15.9. The Morgan fingerprint density at radius 1 is 0.581 bits per heavy atom. The summed E-state index contributed by atoms with van der Waals surface area (Å²) in [6.07, 6.45) is 6.49. The van der Waals surface area contributed by atoms with Gasteiger partial charge in [-0.1, -0.05) is 159 Å². The molecule has 1 aliphatic carbocycles. The first-order chi connectivity index (χ1) is 30.4. The van der Waals surface area contributed by atoms with Gasteiger partial charge in [-0.25, -0.2) is 0 Å². The number of benzene rings is 7. The summed E-state index contributed by atoms with van der Waals surface area (Å²) in [5.41, 5.74) is 11.5. The summed E-state index contributed by atoms with van der Waals surface area (Å²) in [4.78, 5) is 3.38. The third kappa shape index (κ3) is 8.75. The SMILES string of the molecule is CC.CC1=CC(n2c3ccccc3c3ccccc32)CC(C)C(c2ccccc2OCCCOc2ccccc2-c2cc(C)ccc2O)=C1.c1ccc2c(c1)[nH]c1ccccc12. The Balaban J connectivity index is 0.000000296. The molecule has 5 heteroatoms. The summed E-state index contributed by atoms with van der Waals surface area (Å²) in [5, 5.41) is 15.7. The number of aryl methyl sites for hydroxylation is 1. The molecule has 2 unspecified atom stereocenters. The van der Waals surface area contributed by atoms with Crippen molar-refractivity contribution in [2.45, 2.75) is 53.5 Å². The van der Waals surface area contributed by atoms with Crippen molar-refractivity contribution >= 4 is 49.2 Å². The Labute approximate surface area is 365 Å². The number of nitrogens with zero attached hydrogens (tertiary/aromatic N) is 1. The number of fused-ring (bicyclic) bond motifs is 6. The molecule has 9 aromatic rings. The molecule has 0 fully saturated rings. The van der Waals surface area contributed by atoms with Crippen molar-refractivity contribution < 1.29 is 14.6 Å². The standard InChI is InChI=1S/C43H41NO3.C12H9N.C2H6/c1-29-21-22-41(45)38(26-29)36-16-7-11-20-43(36)47-24-12-23-46-42-19-10-6-15-35(42)37-27-30(2)25-32(28-31(37)3)44-39-17-8-4-13-33(39)34-14-5-9-18-40(34)44;1-3-7-11-9(5-1)10-6-2-4-8-12(10)13-11;1-2/h4-11,13-22,25-27,31-32,45H,12,23-24,28H2,1-3H3;1-8,13H;1-2H3. The fraction of sp³-hybridized carbons (Fsp3) is 0.193. The van der Waals surface area contributed by atoms with Crippen molar-refractivity contribution in [1.82, 2.24) is 9.55 Å². The molecule has 5 nitrogen and oxygen atoms in total. The van der Waals surface area contributed by atoms with Crippen molar-refractivity contribution in [2.75, 3.05) is 13.2 Å². The first-order valence-corrected chi connectivity index (χ1v) is 22.0. The Bertz CT molecular complexity index is 2920. The molecule has 0 saturated carbocycles. The van der Waals surface area contributed by atoms with E-state index in [9.17, 15) is 5.11 Å². The van der Waals surface area contributed by atoms with E-state index >= 15 is 0 Å². The van der Waals surface area contributed by atoms with Crippen LogP contribution in [0.2, 0.25) is 0 Å². The number of aromatic nitrogens is 2. The zero-order chi connectivity index (χ0) is 43.0. The lowest BCUT2D eigenvalue weighted by Crippen LogP contribution is -2.11. The van der Waals surface area contributed by atoms with Crippen molar-refractivity contribution in [3.05, 3.63) is 193 Å². The molecule has 0 spiro atoms. The Kier molecular flexibility index (Phi) is 12.9. The molecule has 0 amide bonds. The molecule has 0 aliphatic heterocycles. The maximum atomic E-state index is 10.5. The zero-order valence-corrected chi connectivity index (χ0v) is 36.4. The van der Waals surface area contributed by atoms with Crippen LogP contribution in [-0.2, 0) is 0 Å². The third-order valence-corrected chi connectivity index (χ3v) is 11.7. The van der Waals surface area contributed by atoms with Crippen molar-refractivity contribution in [3.63, 3.8) is 0 Å². The maximum Gasteiger partial charge on any atom is 0.127 e. The van der Waals surface area contributed by atoms with Gasteiger partial charge >= 0.3 is 0 Å². The van der Waals surface area contributed by atoms with E-state index in [4.69, 9.17) is 9.47 Å². The zero-order valence-electron chi connectivity index (χ0n) is 36.4. The first kappa shape index (κ1) is 41.7. The minimum atomic E-state index is 0.235. The van der Waals surface area contributed by atoms with E-state index in [1.165, 1.54) is 54.8 Å². The molecule has 2 heterocycles. The average molecular weight is 817 g/mol. The molecule has 10 rings (SSSR count). The van der Waals surface area contributed by atoms with Crippen molar-refractivity contribution in [3.8, 4) is 28.4 Å². The van der Waals surface area contributed by atoms with Gasteiger partial charge in [-0.3, -0.25) is 0 Å². The third-order valence-electron chi connectivity index (χ3n) is 11.7. The molecule has 0 bridgehead atoms. The minimum absolute atomic E-state index is 0.235. The molecule has 2 atom stereocenters. The van der Waals surface area contributed by atoms with E-state index in [0.717, 1.165) is 46.6 Å². The van der Waals surface area contributed by atoms with Gasteiger partial charge in [0.05, 0.1) is 19.3 Å². The molecular weight excluding hydrogens is 761 g/mol. The summed E-state index contributed by atoms with van der Waals surface area (Å²) in [6.45, 7) is 11.6. The quantitative estimate of drug-likeness (QED) is 0.143. The predicted octanol–water partition coefficient (Wildman–Crippen LogP) is 15.3. The van der Waals surface area contributed by atoms with E-state index in [-0.39, 0.29) is 11.8 Å². The van der Waals surface area contributed by atoms with Gasteiger partial charge in [-0.05, 0) is 80.3 Å². The lowest BCUT2D eigenvalue weighted by molar-refractivity contribution is 0.247. The molecule has 0 radical (unpaired) electrons. The summed E-state index contributed by atoms with van der Waals surface area (Å²) >= 11 is 0. The van der Waals surface area contributed by atoms with Gasteiger partial charge in [-0.15, -0.1) is 0 Å². The number of hydrogen-bond donors (Lipinski definition) is 2. The molecule has 312 valence electrons. The highest BCUT2D eigenvalue weighted by Crippen LogP contribution is 2.42. The van der Waals surface area contributed by atoms with E-state index < -0.39 is 0 Å². The number of nitrogens with one attached hydrogen (secondary N) is 1. The maximum absolute atomic E-state index is 10.5. The normalized spacial score (nSPS) is 14.9. The number of para-hydroxylation sites is 6. The van der Waals surface area contributed by atoms with Gasteiger partial charge in [0, 0.05) is 66.7 Å². The lowest BCUT2D eigenvalue weighted by Gasteiger charge is -2.23. The number of hydrogen-bond acceptors (Lipinski definition) is 3. The van der Waals surface area contributed by atoms with Crippen LogP contribution in [0.15, 0.2) is 182 Å². The van der Waals surface area contributed by atoms with Crippen LogP contribution >= 0.6 is 0 Å². The Morgan fingerprint density at radius 2 is 1.08 bits per heavy atom. The largest absolute Gasteiger partial charge is 0.507 e. The number of phenolic OH excluding ortho intramolecular Hbond substituents is 1. The van der Waals surface area contributed by atoms with Gasteiger partial charge in [-0.2, -0.15) is 0 Å². The van der Waals surface area contributed by atoms with Gasteiger partial charge < -0.3 is 24.1 Å².